The highest BCUT2D eigenvalue weighted by Crippen LogP contribution is 2.17. The third kappa shape index (κ3) is 7.17. The van der Waals surface area contributed by atoms with E-state index in [-0.39, 0.29) is 42.3 Å². The Bertz CT molecular complexity index is 913. The molecule has 0 aliphatic carbocycles. The minimum absolute atomic E-state index is 0. The molecule has 1 aromatic carbocycles. The van der Waals surface area contributed by atoms with E-state index in [0.717, 1.165) is 16.3 Å². The zero-order valence-electron chi connectivity index (χ0n) is 18.0. The number of thiazole rings is 1. The molecule has 10 heteroatoms. The highest BCUT2D eigenvalue weighted by Gasteiger charge is 2.22. The highest BCUT2D eigenvalue weighted by molar-refractivity contribution is 14.0. The van der Waals surface area contributed by atoms with Gasteiger partial charge in [-0.1, -0.05) is 26.0 Å². The first-order valence-electron chi connectivity index (χ1n) is 10.00. The molecule has 168 valence electrons. The zero-order chi connectivity index (χ0) is 21.5. The SMILES string of the molecule is CN=C(NCc1ccc(C(=O)N2CCNC(=O)C2)cc1)NCc1nc(C(C)C)cs1.I. The fourth-order valence-corrected chi connectivity index (χ4v) is 3.89. The Morgan fingerprint density at radius 1 is 1.26 bits per heavy atom. The Hall–Kier alpha value is -2.21. The topological polar surface area (TPSA) is 98.7 Å². The third-order valence-corrected chi connectivity index (χ3v) is 5.65. The second-order valence-corrected chi connectivity index (χ2v) is 8.32. The van der Waals surface area contributed by atoms with E-state index in [0.29, 0.717) is 43.6 Å². The van der Waals surface area contributed by atoms with Crippen molar-refractivity contribution in [3.8, 4) is 0 Å². The van der Waals surface area contributed by atoms with Crippen LogP contribution in [0.3, 0.4) is 0 Å². The standard InChI is InChI=1S/C21H28N6O2S.HI/c1-14(2)17-13-30-19(26-17)11-25-21(22-3)24-10-15-4-6-16(7-5-15)20(29)27-9-8-23-18(28)12-27;/h4-7,13-14H,8-12H2,1-3H3,(H,23,28)(H2,22,24,25);1H. The number of aliphatic imine (C=N–C) groups is 1. The van der Waals surface area contributed by atoms with Crippen LogP contribution in [0, 0.1) is 0 Å². The summed E-state index contributed by atoms with van der Waals surface area (Å²) in [6.45, 7) is 6.61. The summed E-state index contributed by atoms with van der Waals surface area (Å²) in [5.74, 6) is 0.878. The van der Waals surface area contributed by atoms with Gasteiger partial charge in [-0.25, -0.2) is 4.98 Å². The lowest BCUT2D eigenvalue weighted by Gasteiger charge is -2.26. The molecule has 2 amide bonds. The van der Waals surface area contributed by atoms with Crippen LogP contribution in [0.1, 0.15) is 46.4 Å². The average molecular weight is 556 g/mol. The molecule has 1 saturated heterocycles. The van der Waals surface area contributed by atoms with Gasteiger partial charge in [-0.05, 0) is 23.6 Å². The average Bonchev–Trinajstić information content (AvgIpc) is 3.23. The maximum Gasteiger partial charge on any atom is 0.254 e. The smallest absolute Gasteiger partial charge is 0.254 e. The number of amides is 2. The van der Waals surface area contributed by atoms with Crippen LogP contribution < -0.4 is 16.0 Å². The van der Waals surface area contributed by atoms with Crippen molar-refractivity contribution in [2.24, 2.45) is 4.99 Å². The fourth-order valence-electron chi connectivity index (χ4n) is 3.00. The molecular formula is C21H29IN6O2S. The van der Waals surface area contributed by atoms with Crippen LogP contribution in [0.5, 0.6) is 0 Å². The first kappa shape index (κ1) is 25.1. The van der Waals surface area contributed by atoms with Crippen molar-refractivity contribution in [2.75, 3.05) is 26.7 Å². The molecule has 8 nitrogen and oxygen atoms in total. The van der Waals surface area contributed by atoms with Crippen LogP contribution >= 0.6 is 35.3 Å². The van der Waals surface area contributed by atoms with Gasteiger partial charge in [0.05, 0.1) is 18.8 Å². The predicted octanol–water partition coefficient (Wildman–Crippen LogP) is 2.32. The minimum Gasteiger partial charge on any atom is -0.353 e. The number of halogens is 1. The Balaban J connectivity index is 0.00000341. The molecule has 0 saturated carbocycles. The molecule has 2 heterocycles. The van der Waals surface area contributed by atoms with Crippen molar-refractivity contribution < 1.29 is 9.59 Å². The van der Waals surface area contributed by atoms with E-state index in [4.69, 9.17) is 0 Å². The van der Waals surface area contributed by atoms with Crippen LogP contribution in [-0.2, 0) is 17.9 Å². The summed E-state index contributed by atoms with van der Waals surface area (Å²) in [5, 5.41) is 12.4. The molecule has 0 unspecified atom stereocenters. The summed E-state index contributed by atoms with van der Waals surface area (Å²) in [4.78, 5) is 34.4. The van der Waals surface area contributed by atoms with E-state index in [1.165, 1.54) is 0 Å². The summed E-state index contributed by atoms with van der Waals surface area (Å²) in [5.41, 5.74) is 2.72. The molecule has 31 heavy (non-hydrogen) atoms. The molecule has 3 rings (SSSR count). The van der Waals surface area contributed by atoms with Crippen LogP contribution in [-0.4, -0.2) is 54.3 Å². The molecule has 0 atom stereocenters. The molecule has 2 aromatic rings. The summed E-state index contributed by atoms with van der Waals surface area (Å²) >= 11 is 1.64. The van der Waals surface area contributed by atoms with Gasteiger partial charge in [0.2, 0.25) is 5.91 Å². The number of hydrogen-bond donors (Lipinski definition) is 3. The van der Waals surface area contributed by atoms with E-state index in [2.05, 4.69) is 45.2 Å². The second kappa shape index (κ2) is 12.0. The van der Waals surface area contributed by atoms with Crippen molar-refractivity contribution in [1.29, 1.82) is 0 Å². The van der Waals surface area contributed by atoms with E-state index in [1.54, 1.807) is 35.4 Å². The van der Waals surface area contributed by atoms with Crippen molar-refractivity contribution in [3.63, 3.8) is 0 Å². The lowest BCUT2D eigenvalue weighted by atomic mass is 10.1. The van der Waals surface area contributed by atoms with Gasteiger partial charge in [0.15, 0.2) is 5.96 Å². The van der Waals surface area contributed by atoms with Gasteiger partial charge in [-0.15, -0.1) is 35.3 Å². The minimum atomic E-state index is -0.119. The van der Waals surface area contributed by atoms with E-state index in [1.807, 2.05) is 12.1 Å². The van der Waals surface area contributed by atoms with Crippen LogP contribution in [0.2, 0.25) is 0 Å². The Morgan fingerprint density at radius 3 is 2.58 bits per heavy atom. The van der Waals surface area contributed by atoms with Gasteiger partial charge in [-0.3, -0.25) is 14.6 Å². The van der Waals surface area contributed by atoms with Crippen molar-refractivity contribution in [3.05, 3.63) is 51.5 Å². The van der Waals surface area contributed by atoms with Gasteiger partial charge in [0, 0.05) is 37.6 Å². The molecule has 1 aliphatic rings. The van der Waals surface area contributed by atoms with Gasteiger partial charge in [0.25, 0.3) is 5.91 Å². The maximum atomic E-state index is 12.5. The maximum absolute atomic E-state index is 12.5. The van der Waals surface area contributed by atoms with Gasteiger partial charge in [-0.2, -0.15) is 0 Å². The third-order valence-electron chi connectivity index (χ3n) is 4.78. The number of nitrogens with one attached hydrogen (secondary N) is 3. The van der Waals surface area contributed by atoms with E-state index in [9.17, 15) is 9.59 Å². The van der Waals surface area contributed by atoms with E-state index >= 15 is 0 Å². The van der Waals surface area contributed by atoms with Crippen molar-refractivity contribution in [1.82, 2.24) is 25.8 Å². The number of rotatable bonds is 6. The van der Waals surface area contributed by atoms with Crippen molar-refractivity contribution >= 4 is 53.1 Å². The highest BCUT2D eigenvalue weighted by atomic mass is 127. The number of piperazine rings is 1. The van der Waals surface area contributed by atoms with Gasteiger partial charge in [0.1, 0.15) is 5.01 Å². The lowest BCUT2D eigenvalue weighted by molar-refractivity contribution is -0.123. The first-order chi connectivity index (χ1) is 14.5. The Kier molecular flexibility index (Phi) is 9.69. The number of benzene rings is 1. The Morgan fingerprint density at radius 2 is 1.97 bits per heavy atom. The molecule has 1 fully saturated rings. The Labute approximate surface area is 203 Å². The first-order valence-corrected chi connectivity index (χ1v) is 10.9. The van der Waals surface area contributed by atoms with Crippen LogP contribution in [0.15, 0.2) is 34.6 Å². The van der Waals surface area contributed by atoms with Crippen LogP contribution in [0.25, 0.3) is 0 Å². The molecular weight excluding hydrogens is 527 g/mol. The number of carbonyl (C=O) groups excluding carboxylic acids is 2. The normalized spacial score (nSPS) is 14.1. The lowest BCUT2D eigenvalue weighted by Crippen LogP contribution is -2.49. The summed E-state index contributed by atoms with van der Waals surface area (Å²) in [6.07, 6.45) is 0. The van der Waals surface area contributed by atoms with Crippen LogP contribution in [0.4, 0.5) is 0 Å². The number of guanidine groups is 1. The summed E-state index contributed by atoms with van der Waals surface area (Å²) < 4.78 is 0. The number of hydrogen-bond acceptors (Lipinski definition) is 5. The molecule has 0 bridgehead atoms. The molecule has 1 aromatic heterocycles. The quantitative estimate of drug-likeness (QED) is 0.288. The summed E-state index contributed by atoms with van der Waals surface area (Å²) in [7, 11) is 1.73. The van der Waals surface area contributed by atoms with Crippen molar-refractivity contribution in [2.45, 2.75) is 32.9 Å². The second-order valence-electron chi connectivity index (χ2n) is 7.37. The largest absolute Gasteiger partial charge is 0.353 e. The molecule has 0 radical (unpaired) electrons. The predicted molar refractivity (Wildman–Crippen MR) is 134 cm³/mol. The number of carbonyl (C=O) groups is 2. The summed E-state index contributed by atoms with van der Waals surface area (Å²) in [6, 6.07) is 7.41. The molecule has 0 spiro atoms. The van der Waals surface area contributed by atoms with E-state index < -0.39 is 0 Å². The van der Waals surface area contributed by atoms with Gasteiger partial charge >= 0.3 is 0 Å². The monoisotopic (exact) mass is 556 g/mol. The zero-order valence-corrected chi connectivity index (χ0v) is 21.1. The number of nitrogens with zero attached hydrogens (tertiary/aromatic N) is 3. The number of aromatic nitrogens is 1. The fraction of sp³-hybridized carbons (Fsp3) is 0.429. The molecule has 3 N–H and O–H groups in total. The molecule has 1 aliphatic heterocycles. The van der Waals surface area contributed by atoms with Gasteiger partial charge < -0.3 is 20.9 Å².